The number of amides is 4. The average molecular weight is 1030 g/mol. The van der Waals surface area contributed by atoms with E-state index in [4.69, 9.17) is 52.6 Å². The first-order valence-electron chi connectivity index (χ1n) is 24.3. The Kier molecular flexibility index (Phi) is 17.3. The minimum absolute atomic E-state index is 0. The van der Waals surface area contributed by atoms with Crippen LogP contribution in [0.5, 0.6) is 0 Å². The molecule has 4 N–H and O–H groups in total. The highest BCUT2D eigenvalue weighted by atomic mass is 35.5. The van der Waals surface area contributed by atoms with Crippen LogP contribution in [-0.4, -0.2) is 131 Å². The predicted molar refractivity (Wildman–Crippen MR) is 286 cm³/mol. The van der Waals surface area contributed by atoms with E-state index in [0.29, 0.717) is 86.7 Å². The van der Waals surface area contributed by atoms with Gasteiger partial charge >= 0.3 is 12.1 Å². The minimum Gasteiger partial charge on any atom is -0.378 e. The molecule has 20 nitrogen and oxygen atoms in total. The van der Waals surface area contributed by atoms with Crippen molar-refractivity contribution in [2.24, 2.45) is 0 Å². The number of fused-ring (bicyclic) bond motifs is 2. The van der Waals surface area contributed by atoms with Crippen LogP contribution < -0.4 is 40.9 Å². The second-order valence-electron chi connectivity index (χ2n) is 17.5. The van der Waals surface area contributed by atoms with Crippen LogP contribution in [0.3, 0.4) is 0 Å². The zero-order chi connectivity index (χ0) is 50.1. The van der Waals surface area contributed by atoms with Gasteiger partial charge in [0, 0.05) is 103 Å². The van der Waals surface area contributed by atoms with Gasteiger partial charge in [-0.05, 0) is 107 Å². The molecule has 0 bridgehead atoms. The topological polar surface area (TPSA) is 217 Å². The number of hydrogen-bond acceptors (Lipinski definition) is 16. The summed E-state index contributed by atoms with van der Waals surface area (Å²) in [5, 5.41) is 11.8. The molecule has 4 aliphatic heterocycles. The molecule has 2 aromatic carbocycles. The normalized spacial score (nSPS) is 15.2. The van der Waals surface area contributed by atoms with E-state index < -0.39 is 0 Å². The number of morpholine rings is 2. The van der Waals surface area contributed by atoms with Gasteiger partial charge in [-0.25, -0.2) is 49.5 Å². The molecule has 384 valence electrons. The Bertz CT molecular complexity index is 2650. The quantitative estimate of drug-likeness (QED) is 0.0771. The molecule has 10 rings (SSSR count). The monoisotopic (exact) mass is 1030 g/mol. The summed E-state index contributed by atoms with van der Waals surface area (Å²) < 4.78 is 11.2. The molecule has 0 unspecified atom stereocenters. The largest absolute Gasteiger partial charge is 0.378 e. The number of aryl methyl sites for hydroxylation is 2. The molecule has 2 saturated heterocycles. The molecule has 73 heavy (non-hydrogen) atoms. The van der Waals surface area contributed by atoms with Crippen LogP contribution >= 0.6 is 23.2 Å². The van der Waals surface area contributed by atoms with Crippen molar-refractivity contribution in [3.63, 3.8) is 0 Å². The third-order valence-corrected chi connectivity index (χ3v) is 12.8. The number of aromatic nitrogens is 8. The lowest BCUT2D eigenvalue weighted by Gasteiger charge is -2.34. The van der Waals surface area contributed by atoms with Gasteiger partial charge in [0.15, 0.2) is 11.6 Å². The van der Waals surface area contributed by atoms with E-state index in [1.165, 1.54) is 5.56 Å². The number of hydrogen-bond donors (Lipinski definition) is 4. The van der Waals surface area contributed by atoms with Gasteiger partial charge in [0.1, 0.15) is 22.6 Å². The average Bonchev–Trinajstić information content (AvgIpc) is 3.38. The molecule has 8 heterocycles. The van der Waals surface area contributed by atoms with E-state index in [2.05, 4.69) is 60.8 Å². The highest BCUT2D eigenvalue weighted by Crippen LogP contribution is 2.34. The second kappa shape index (κ2) is 24.1. The number of carbonyl (C=O) groups excluding carboxylic acids is 2. The summed E-state index contributed by atoms with van der Waals surface area (Å²) >= 11 is 12.4. The van der Waals surface area contributed by atoms with Crippen molar-refractivity contribution in [3.05, 3.63) is 105 Å². The molecule has 0 atom stereocenters. The number of urea groups is 2. The number of carbonyl (C=O) groups is 2. The number of ether oxygens (including phenoxy) is 2. The molecule has 2 fully saturated rings. The van der Waals surface area contributed by atoms with Crippen LogP contribution in [0.1, 0.15) is 55.2 Å². The molecule has 4 aromatic heterocycles. The van der Waals surface area contributed by atoms with Gasteiger partial charge in [-0.15, -0.1) is 0 Å². The smallest absolute Gasteiger partial charge is 0.319 e. The van der Waals surface area contributed by atoms with E-state index >= 15 is 0 Å². The number of nitrogens with zero attached hydrogens (tertiary/aromatic N) is 12. The lowest BCUT2D eigenvalue weighted by Crippen LogP contribution is -2.40. The zero-order valence-electron chi connectivity index (χ0n) is 40.8. The summed E-state index contributed by atoms with van der Waals surface area (Å²) in [5.74, 6) is 4.64. The van der Waals surface area contributed by atoms with Crippen molar-refractivity contribution in [1.82, 2.24) is 50.5 Å². The number of rotatable bonds is 10. The summed E-state index contributed by atoms with van der Waals surface area (Å²) in [6, 6.07) is 18.4. The Hall–Kier alpha value is -7.00. The first-order chi connectivity index (χ1) is 35.0. The molecule has 0 saturated carbocycles. The molecule has 0 radical (unpaired) electrons. The minimum atomic E-state index is -0.233. The molecule has 0 aliphatic carbocycles. The molecule has 4 amide bonds. The Labute approximate surface area is 435 Å². The van der Waals surface area contributed by atoms with Crippen LogP contribution in [0, 0.1) is 13.8 Å². The molecule has 0 spiro atoms. The van der Waals surface area contributed by atoms with Gasteiger partial charge in [-0.2, -0.15) is 0 Å². The second-order valence-corrected chi connectivity index (χ2v) is 18.3. The zero-order valence-corrected chi connectivity index (χ0v) is 42.4. The molecule has 6 aromatic rings. The summed E-state index contributed by atoms with van der Waals surface area (Å²) in [7, 11) is 0. The van der Waals surface area contributed by atoms with Gasteiger partial charge < -0.3 is 50.3 Å². The predicted octanol–water partition coefficient (Wildman–Crippen LogP) is 7.51. The van der Waals surface area contributed by atoms with Crippen LogP contribution in [0.4, 0.5) is 44.4 Å². The summed E-state index contributed by atoms with van der Waals surface area (Å²) in [4.78, 5) is 70.2. The van der Waals surface area contributed by atoms with Gasteiger partial charge in [-0.3, -0.25) is 0 Å². The lowest BCUT2D eigenvalue weighted by molar-refractivity contribution is 0.122. The van der Waals surface area contributed by atoms with Crippen molar-refractivity contribution in [1.29, 1.82) is 0 Å². The lowest BCUT2D eigenvalue weighted by atomic mass is 10.0. The fourth-order valence-electron chi connectivity index (χ4n) is 8.93. The van der Waals surface area contributed by atoms with Crippen LogP contribution in [-0.2, 0) is 35.4 Å². The SMILES string of the molecule is C.CCNC(=O)Nc1ccc(-c2nc3c(c(N4CCOCC4)n2)CCN(c2cc(C)nc(Cl)n2)C3)cc1.CCNC(=O)Nc1ccc(-c2nc3c(c(N4CCOCC4)n2)CCN(c2nc(C)cc(Cl)n2)C3)cc1. The Morgan fingerprint density at radius 2 is 1.03 bits per heavy atom. The van der Waals surface area contributed by atoms with Gasteiger partial charge in [-0.1, -0.05) is 19.0 Å². The van der Waals surface area contributed by atoms with Crippen LogP contribution in [0.2, 0.25) is 10.4 Å². The van der Waals surface area contributed by atoms with E-state index in [1.807, 2.05) is 82.3 Å². The maximum Gasteiger partial charge on any atom is 0.319 e. The summed E-state index contributed by atoms with van der Waals surface area (Å²) in [6.07, 6.45) is 1.59. The summed E-state index contributed by atoms with van der Waals surface area (Å²) in [6.45, 7) is 17.3. The van der Waals surface area contributed by atoms with Crippen LogP contribution in [0.25, 0.3) is 22.8 Å². The van der Waals surface area contributed by atoms with Crippen molar-refractivity contribution in [2.45, 2.75) is 61.1 Å². The Morgan fingerprint density at radius 1 is 0.562 bits per heavy atom. The van der Waals surface area contributed by atoms with Crippen molar-refractivity contribution in [2.75, 3.05) is 109 Å². The number of halogens is 2. The highest BCUT2D eigenvalue weighted by Gasteiger charge is 2.30. The number of benzene rings is 2. The van der Waals surface area contributed by atoms with Gasteiger partial charge in [0.2, 0.25) is 11.2 Å². The first kappa shape index (κ1) is 52.3. The third kappa shape index (κ3) is 13.0. The van der Waals surface area contributed by atoms with Crippen molar-refractivity contribution >= 4 is 70.0 Å². The van der Waals surface area contributed by atoms with Crippen molar-refractivity contribution < 1.29 is 19.1 Å². The Balaban J connectivity index is 0.000000192. The third-order valence-electron chi connectivity index (χ3n) is 12.4. The van der Waals surface area contributed by atoms with E-state index in [0.717, 1.165) is 109 Å². The number of anilines is 6. The maximum absolute atomic E-state index is 11.9. The number of nitrogens with one attached hydrogen (secondary N) is 4. The van der Waals surface area contributed by atoms with Crippen molar-refractivity contribution in [3.8, 4) is 22.8 Å². The standard InChI is InChI=1S/2C25H29ClN8O2.CH4/c1-3-27-25(35)29-18-6-4-17(5-7-18)22-30-20-15-34(21-14-16(2)28-24(26)31-21)9-8-19(20)23(32-22)33-10-12-36-13-11-33;1-3-27-25(35)29-18-6-4-17(5-7-18)22-30-20-15-34(24-28-16(2)14-21(26)31-24)9-8-19(20)23(32-22)33-10-12-36-13-11-33;/h2*4-7,14H,3,8-13,15H2,1-2H3,(H2,27,29,35);1H4. The van der Waals surface area contributed by atoms with Gasteiger partial charge in [0.05, 0.1) is 50.9 Å². The highest BCUT2D eigenvalue weighted by molar-refractivity contribution is 6.29. The van der Waals surface area contributed by atoms with E-state index in [9.17, 15) is 9.59 Å². The van der Waals surface area contributed by atoms with Gasteiger partial charge in [0.25, 0.3) is 0 Å². The summed E-state index contributed by atoms with van der Waals surface area (Å²) in [5.41, 5.74) is 9.09. The molecular formula is C51H62Cl2N16O4. The Morgan fingerprint density at radius 3 is 1.49 bits per heavy atom. The molecule has 4 aliphatic rings. The maximum atomic E-state index is 11.9. The van der Waals surface area contributed by atoms with E-state index in [-0.39, 0.29) is 24.8 Å². The molecule has 22 heteroatoms. The first-order valence-corrected chi connectivity index (χ1v) is 25.0. The van der Waals surface area contributed by atoms with E-state index in [1.54, 1.807) is 6.07 Å². The fraction of sp³-hybridized carbons (Fsp3) is 0.412. The molecular weight excluding hydrogens is 972 g/mol. The van der Waals surface area contributed by atoms with Crippen LogP contribution in [0.15, 0.2) is 60.7 Å². The fourth-order valence-corrected chi connectivity index (χ4v) is 9.38.